The second-order valence-corrected chi connectivity index (χ2v) is 4.76. The molecule has 0 amide bonds. The van der Waals surface area contributed by atoms with E-state index in [1.54, 1.807) is 13.0 Å². The lowest BCUT2D eigenvalue weighted by Gasteiger charge is -2.24. The Balaban J connectivity index is 3.93. The highest BCUT2D eigenvalue weighted by Gasteiger charge is 2.11. The second-order valence-electron chi connectivity index (χ2n) is 4.76. The highest BCUT2D eigenvalue weighted by Crippen LogP contribution is 2.03. The van der Waals surface area contributed by atoms with E-state index < -0.39 is 0 Å². The van der Waals surface area contributed by atoms with Crippen LogP contribution < -0.4 is 0 Å². The van der Waals surface area contributed by atoms with E-state index in [4.69, 9.17) is 4.74 Å². The fourth-order valence-electron chi connectivity index (χ4n) is 1.90. The maximum absolute atomic E-state index is 11.2. The van der Waals surface area contributed by atoms with Crippen molar-refractivity contribution < 1.29 is 14.6 Å². The molecule has 0 saturated heterocycles. The van der Waals surface area contributed by atoms with Gasteiger partial charge in [0.2, 0.25) is 0 Å². The van der Waals surface area contributed by atoms with Crippen LogP contribution in [-0.4, -0.2) is 48.3 Å². The summed E-state index contributed by atoms with van der Waals surface area (Å²) in [5.74, 6) is -0.300. The van der Waals surface area contributed by atoms with Crippen LogP contribution in [0.5, 0.6) is 0 Å². The summed E-state index contributed by atoms with van der Waals surface area (Å²) < 4.78 is 5.07. The molecule has 112 valence electrons. The van der Waals surface area contributed by atoms with Crippen LogP contribution in [0.2, 0.25) is 0 Å². The number of allylic oxidation sites excluding steroid dienone is 1. The van der Waals surface area contributed by atoms with Gasteiger partial charge in [-0.15, -0.1) is 0 Å². The number of ether oxygens (including phenoxy) is 1. The molecule has 0 aliphatic rings. The molecule has 4 nitrogen and oxygen atoms in total. The van der Waals surface area contributed by atoms with E-state index in [1.807, 2.05) is 0 Å². The van der Waals surface area contributed by atoms with Gasteiger partial charge >= 0.3 is 5.97 Å². The van der Waals surface area contributed by atoms with Crippen LogP contribution in [0.1, 0.15) is 46.5 Å². The molecule has 0 aromatic rings. The van der Waals surface area contributed by atoms with Crippen LogP contribution in [0, 0.1) is 0 Å². The molecular weight excluding hydrogens is 242 g/mol. The maximum Gasteiger partial charge on any atom is 0.330 e. The van der Waals surface area contributed by atoms with Gasteiger partial charge in [0.1, 0.15) is 6.61 Å². The van der Waals surface area contributed by atoms with Gasteiger partial charge in [-0.2, -0.15) is 0 Å². The summed E-state index contributed by atoms with van der Waals surface area (Å²) in [5.41, 5.74) is 0. The van der Waals surface area contributed by atoms with Gasteiger partial charge in [-0.3, -0.25) is 4.90 Å². The van der Waals surface area contributed by atoms with E-state index in [0.717, 1.165) is 32.2 Å². The Morgan fingerprint density at radius 2 is 2.05 bits per heavy atom. The zero-order valence-corrected chi connectivity index (χ0v) is 12.6. The zero-order valence-electron chi connectivity index (χ0n) is 12.6. The fraction of sp³-hybridized carbons (Fsp3) is 0.800. The Bertz CT molecular complexity index is 254. The Hall–Kier alpha value is -0.870. The minimum absolute atomic E-state index is 0.280. The summed E-state index contributed by atoms with van der Waals surface area (Å²) in [4.78, 5) is 13.3. The first kappa shape index (κ1) is 18.1. The fourth-order valence-corrected chi connectivity index (χ4v) is 1.90. The van der Waals surface area contributed by atoms with Crippen molar-refractivity contribution in [2.45, 2.75) is 52.6 Å². The third-order valence-electron chi connectivity index (χ3n) is 2.85. The summed E-state index contributed by atoms with van der Waals surface area (Å²) in [7, 11) is 0. The van der Waals surface area contributed by atoms with Crippen molar-refractivity contribution in [3.05, 3.63) is 12.2 Å². The number of unbranched alkanes of at least 4 members (excludes halogenated alkanes) is 1. The molecule has 0 saturated carbocycles. The van der Waals surface area contributed by atoms with Gasteiger partial charge in [-0.05, 0) is 26.3 Å². The third-order valence-corrected chi connectivity index (χ3v) is 2.85. The number of rotatable bonds is 11. The average molecular weight is 271 g/mol. The summed E-state index contributed by atoms with van der Waals surface area (Å²) >= 11 is 0. The van der Waals surface area contributed by atoms with Crippen LogP contribution in [0.15, 0.2) is 12.2 Å². The monoisotopic (exact) mass is 271 g/mol. The lowest BCUT2D eigenvalue weighted by atomic mass is 10.1. The van der Waals surface area contributed by atoms with Crippen molar-refractivity contribution in [3.63, 3.8) is 0 Å². The van der Waals surface area contributed by atoms with Gasteiger partial charge < -0.3 is 9.84 Å². The molecule has 0 rings (SSSR count). The Kier molecular flexibility index (Phi) is 11.6. The van der Waals surface area contributed by atoms with E-state index in [-0.39, 0.29) is 12.1 Å². The predicted octanol–water partition coefficient (Wildman–Crippen LogP) is 2.37. The smallest absolute Gasteiger partial charge is 0.330 e. The summed E-state index contributed by atoms with van der Waals surface area (Å²) in [6, 6.07) is 0. The molecule has 0 aliphatic carbocycles. The number of esters is 1. The first-order chi connectivity index (χ1) is 9.13. The van der Waals surface area contributed by atoms with E-state index in [0.29, 0.717) is 19.7 Å². The van der Waals surface area contributed by atoms with Gasteiger partial charge in [0.25, 0.3) is 0 Å². The SMILES string of the molecule is C/C=C/C(=O)OCCN(CCC)CC(O)CCCC. The second kappa shape index (κ2) is 12.2. The van der Waals surface area contributed by atoms with Gasteiger partial charge in [-0.25, -0.2) is 4.79 Å². The van der Waals surface area contributed by atoms with Crippen molar-refractivity contribution >= 4 is 5.97 Å². The molecule has 1 atom stereocenters. The number of carbonyl (C=O) groups is 1. The minimum atomic E-state index is -0.300. The van der Waals surface area contributed by atoms with Crippen LogP contribution in [-0.2, 0) is 9.53 Å². The first-order valence-corrected chi connectivity index (χ1v) is 7.33. The molecule has 0 aliphatic heterocycles. The molecule has 0 fully saturated rings. The molecule has 4 heteroatoms. The number of hydrogen-bond acceptors (Lipinski definition) is 4. The summed E-state index contributed by atoms with van der Waals surface area (Å²) in [6.45, 7) is 8.66. The van der Waals surface area contributed by atoms with E-state index >= 15 is 0 Å². The molecule has 1 N–H and O–H groups in total. The van der Waals surface area contributed by atoms with Crippen LogP contribution in [0.25, 0.3) is 0 Å². The number of aliphatic hydroxyl groups excluding tert-OH is 1. The molecular formula is C15H29NO3. The van der Waals surface area contributed by atoms with Gasteiger partial charge in [0.05, 0.1) is 6.10 Å². The van der Waals surface area contributed by atoms with Gasteiger partial charge in [-0.1, -0.05) is 32.8 Å². The largest absolute Gasteiger partial charge is 0.461 e. The number of nitrogens with zero attached hydrogens (tertiary/aromatic N) is 1. The highest BCUT2D eigenvalue weighted by molar-refractivity contribution is 5.81. The molecule has 0 aromatic carbocycles. The van der Waals surface area contributed by atoms with Crippen molar-refractivity contribution in [1.82, 2.24) is 4.90 Å². The molecule has 0 heterocycles. The van der Waals surface area contributed by atoms with Crippen LogP contribution in [0.4, 0.5) is 0 Å². The molecule has 0 radical (unpaired) electrons. The average Bonchev–Trinajstić information content (AvgIpc) is 2.37. The number of aliphatic hydroxyl groups is 1. The molecule has 1 unspecified atom stereocenters. The standard InChI is InChI=1S/C15H29NO3/c1-4-7-9-14(17)13-16(10-6-3)11-12-19-15(18)8-5-2/h5,8,14,17H,4,6-7,9-13H2,1-3H3/b8-5+. The lowest BCUT2D eigenvalue weighted by molar-refractivity contribution is -0.138. The highest BCUT2D eigenvalue weighted by atomic mass is 16.5. The minimum Gasteiger partial charge on any atom is -0.461 e. The first-order valence-electron chi connectivity index (χ1n) is 7.33. The van der Waals surface area contributed by atoms with E-state index in [9.17, 15) is 9.90 Å². The van der Waals surface area contributed by atoms with Crippen molar-refractivity contribution in [2.75, 3.05) is 26.2 Å². The summed E-state index contributed by atoms with van der Waals surface area (Å²) in [6.07, 6.45) is 6.83. The van der Waals surface area contributed by atoms with Crippen molar-refractivity contribution in [3.8, 4) is 0 Å². The van der Waals surface area contributed by atoms with Crippen LogP contribution in [0.3, 0.4) is 0 Å². The van der Waals surface area contributed by atoms with Crippen LogP contribution >= 0.6 is 0 Å². The Labute approximate surface area is 117 Å². The van der Waals surface area contributed by atoms with E-state index in [1.165, 1.54) is 6.08 Å². The van der Waals surface area contributed by atoms with Crippen molar-refractivity contribution in [1.29, 1.82) is 0 Å². The molecule has 19 heavy (non-hydrogen) atoms. The zero-order chi connectivity index (χ0) is 14.5. The molecule has 0 aromatic heterocycles. The lowest BCUT2D eigenvalue weighted by Crippen LogP contribution is -2.35. The predicted molar refractivity (Wildman–Crippen MR) is 78.0 cm³/mol. The number of hydrogen-bond donors (Lipinski definition) is 1. The number of carbonyl (C=O) groups excluding carboxylic acids is 1. The summed E-state index contributed by atoms with van der Waals surface area (Å²) in [5, 5.41) is 9.91. The normalized spacial score (nSPS) is 13.1. The Morgan fingerprint density at radius 3 is 2.63 bits per heavy atom. The van der Waals surface area contributed by atoms with Gasteiger partial charge in [0, 0.05) is 19.2 Å². The molecule has 0 spiro atoms. The maximum atomic E-state index is 11.2. The quantitative estimate of drug-likeness (QED) is 0.463. The third kappa shape index (κ3) is 10.7. The topological polar surface area (TPSA) is 49.8 Å². The van der Waals surface area contributed by atoms with Crippen molar-refractivity contribution in [2.24, 2.45) is 0 Å². The Morgan fingerprint density at radius 1 is 1.32 bits per heavy atom. The van der Waals surface area contributed by atoms with Gasteiger partial charge in [0.15, 0.2) is 0 Å². The molecule has 0 bridgehead atoms. The van der Waals surface area contributed by atoms with E-state index in [2.05, 4.69) is 18.7 Å².